The zero-order valence-electron chi connectivity index (χ0n) is 12.3. The van der Waals surface area contributed by atoms with E-state index in [1.54, 1.807) is 27.0 Å². The van der Waals surface area contributed by atoms with Gasteiger partial charge >= 0.3 is 6.09 Å². The molecular weight excluding hydrogens is 256 g/mol. The van der Waals surface area contributed by atoms with E-state index in [1.165, 1.54) is 0 Å². The van der Waals surface area contributed by atoms with Crippen LogP contribution in [-0.2, 0) is 16.0 Å². The normalized spacial score (nSPS) is 21.2. The van der Waals surface area contributed by atoms with Gasteiger partial charge in [-0.05, 0) is 51.3 Å². The predicted octanol–water partition coefficient (Wildman–Crippen LogP) is 2.33. The zero-order valence-corrected chi connectivity index (χ0v) is 12.3. The average molecular weight is 276 g/mol. The molecule has 5 heteroatoms. The maximum Gasteiger partial charge on any atom is 0.408 e. The van der Waals surface area contributed by atoms with Crippen molar-refractivity contribution in [3.63, 3.8) is 0 Å². The lowest BCUT2D eigenvalue weighted by atomic mass is 10.0. The molecule has 1 aliphatic carbocycles. The molecule has 0 fully saturated rings. The first-order valence-corrected chi connectivity index (χ1v) is 6.71. The number of ether oxygens (including phenoxy) is 1. The lowest BCUT2D eigenvalue weighted by molar-refractivity contribution is -0.111. The summed E-state index contributed by atoms with van der Waals surface area (Å²) in [5.74, 6) is -0.264. The minimum Gasteiger partial charge on any atom is -0.444 e. The molecule has 2 rings (SSSR count). The van der Waals surface area contributed by atoms with Gasteiger partial charge in [-0.3, -0.25) is 4.98 Å². The number of aryl methyl sites for hydroxylation is 1. The number of nitrogens with zero attached hydrogens (tertiary/aromatic N) is 1. The summed E-state index contributed by atoms with van der Waals surface area (Å²) in [6.45, 7) is 7.33. The lowest BCUT2D eigenvalue weighted by Gasteiger charge is -2.23. The number of rotatable bonds is 2. The maximum absolute atomic E-state index is 11.9. The highest BCUT2D eigenvalue weighted by atomic mass is 16.6. The third-order valence-electron chi connectivity index (χ3n) is 3.36. The molecule has 1 aromatic heterocycles. The molecule has 2 atom stereocenters. The molecule has 108 valence electrons. The van der Waals surface area contributed by atoms with E-state index in [4.69, 9.17) is 4.74 Å². The largest absolute Gasteiger partial charge is 0.444 e. The first-order chi connectivity index (χ1) is 9.31. The number of pyridine rings is 1. The van der Waals surface area contributed by atoms with E-state index < -0.39 is 11.7 Å². The Kier molecular flexibility index (Phi) is 3.79. The van der Waals surface area contributed by atoms with Crippen molar-refractivity contribution >= 4 is 12.4 Å². The molecule has 0 aliphatic heterocycles. The van der Waals surface area contributed by atoms with Crippen LogP contribution in [0.5, 0.6) is 0 Å². The number of carbonyl (C=O) groups excluding carboxylic acids is 2. The second kappa shape index (κ2) is 5.23. The van der Waals surface area contributed by atoms with Crippen LogP contribution in [0.25, 0.3) is 0 Å². The van der Waals surface area contributed by atoms with E-state index in [1.807, 2.05) is 13.0 Å². The number of carbonyl (C=O) groups is 2. The second-order valence-electron chi connectivity index (χ2n) is 6.09. The van der Waals surface area contributed by atoms with Crippen LogP contribution in [0, 0.1) is 12.8 Å². The molecule has 1 aromatic rings. The summed E-state index contributed by atoms with van der Waals surface area (Å²) >= 11 is 0. The van der Waals surface area contributed by atoms with Crippen LogP contribution in [0.15, 0.2) is 12.3 Å². The van der Waals surface area contributed by atoms with Gasteiger partial charge in [0.25, 0.3) is 0 Å². The Labute approximate surface area is 118 Å². The molecule has 1 unspecified atom stereocenters. The lowest BCUT2D eigenvalue weighted by Crippen LogP contribution is -2.36. The Morgan fingerprint density at radius 2 is 2.20 bits per heavy atom. The highest BCUT2D eigenvalue weighted by Gasteiger charge is 2.35. The van der Waals surface area contributed by atoms with E-state index in [9.17, 15) is 9.59 Å². The van der Waals surface area contributed by atoms with Gasteiger partial charge in [0.15, 0.2) is 0 Å². The summed E-state index contributed by atoms with van der Waals surface area (Å²) in [7, 11) is 0. The third kappa shape index (κ3) is 2.98. The average Bonchev–Trinajstić information content (AvgIpc) is 2.67. The highest BCUT2D eigenvalue weighted by molar-refractivity contribution is 5.71. The zero-order chi connectivity index (χ0) is 14.9. The van der Waals surface area contributed by atoms with Crippen LogP contribution >= 0.6 is 0 Å². The second-order valence-corrected chi connectivity index (χ2v) is 6.09. The first kappa shape index (κ1) is 14.5. The smallest absolute Gasteiger partial charge is 0.408 e. The Bertz CT molecular complexity index is 534. The summed E-state index contributed by atoms with van der Waals surface area (Å²) in [5.41, 5.74) is 2.35. The van der Waals surface area contributed by atoms with Gasteiger partial charge in [-0.2, -0.15) is 0 Å². The Morgan fingerprint density at radius 3 is 2.80 bits per heavy atom. The van der Waals surface area contributed by atoms with E-state index in [0.29, 0.717) is 6.42 Å². The number of aromatic nitrogens is 1. The summed E-state index contributed by atoms with van der Waals surface area (Å²) in [6.07, 6.45) is 2.70. The van der Waals surface area contributed by atoms with Gasteiger partial charge in [-0.25, -0.2) is 4.79 Å². The highest BCUT2D eigenvalue weighted by Crippen LogP contribution is 2.36. The van der Waals surface area contributed by atoms with E-state index in [2.05, 4.69) is 10.3 Å². The van der Waals surface area contributed by atoms with Crippen LogP contribution in [0.1, 0.15) is 43.6 Å². The van der Waals surface area contributed by atoms with Gasteiger partial charge < -0.3 is 14.8 Å². The molecule has 5 nitrogen and oxygen atoms in total. The first-order valence-electron chi connectivity index (χ1n) is 6.71. The number of fused-ring (bicyclic) bond motifs is 1. The van der Waals surface area contributed by atoms with E-state index >= 15 is 0 Å². The quantitative estimate of drug-likeness (QED) is 0.842. The number of aldehydes is 1. The fourth-order valence-electron chi connectivity index (χ4n) is 2.50. The van der Waals surface area contributed by atoms with Crippen molar-refractivity contribution in [1.82, 2.24) is 10.3 Å². The monoisotopic (exact) mass is 276 g/mol. The van der Waals surface area contributed by atoms with E-state index in [-0.39, 0.29) is 12.0 Å². The number of nitrogens with one attached hydrogen (secondary N) is 1. The summed E-state index contributed by atoms with van der Waals surface area (Å²) in [6, 6.07) is 1.52. The van der Waals surface area contributed by atoms with E-state index in [0.717, 1.165) is 23.1 Å². The number of alkyl carbamates (subject to hydrolysis) is 1. The van der Waals surface area contributed by atoms with Crippen molar-refractivity contribution in [2.75, 3.05) is 0 Å². The minimum atomic E-state index is -0.559. The molecular formula is C15H20N2O3. The van der Waals surface area contributed by atoms with Crippen LogP contribution in [0.2, 0.25) is 0 Å². The molecule has 0 saturated heterocycles. The molecule has 0 aromatic carbocycles. The fourth-order valence-corrected chi connectivity index (χ4v) is 2.50. The molecule has 1 N–H and O–H groups in total. The van der Waals surface area contributed by atoms with Crippen molar-refractivity contribution in [2.45, 2.75) is 45.8 Å². The minimum absolute atomic E-state index is 0.264. The predicted molar refractivity (Wildman–Crippen MR) is 74.3 cm³/mol. The number of amides is 1. The van der Waals surface area contributed by atoms with Crippen LogP contribution in [0.3, 0.4) is 0 Å². The van der Waals surface area contributed by atoms with Crippen molar-refractivity contribution < 1.29 is 14.3 Å². The molecule has 0 bridgehead atoms. The van der Waals surface area contributed by atoms with Gasteiger partial charge in [0.05, 0.1) is 6.04 Å². The molecule has 1 heterocycles. The van der Waals surface area contributed by atoms with Gasteiger partial charge in [0.1, 0.15) is 11.9 Å². The molecule has 1 amide bonds. The fraction of sp³-hybridized carbons (Fsp3) is 0.533. The van der Waals surface area contributed by atoms with Gasteiger partial charge in [0.2, 0.25) is 0 Å². The Hall–Kier alpha value is -1.91. The van der Waals surface area contributed by atoms with Crippen LogP contribution in [-0.4, -0.2) is 23.0 Å². The van der Waals surface area contributed by atoms with Crippen LogP contribution < -0.4 is 5.32 Å². The summed E-state index contributed by atoms with van der Waals surface area (Å²) in [4.78, 5) is 27.4. The Balaban J connectivity index is 2.21. The van der Waals surface area contributed by atoms with Crippen LogP contribution in [0.4, 0.5) is 4.79 Å². The number of hydrogen-bond donors (Lipinski definition) is 1. The topological polar surface area (TPSA) is 68.3 Å². The Morgan fingerprint density at radius 1 is 1.50 bits per heavy atom. The summed E-state index contributed by atoms with van der Waals surface area (Å²) < 4.78 is 5.26. The molecule has 1 aliphatic rings. The standard InChI is InChI=1S/C15H20N2O3/c1-9-12-7-10(8-18)13(11(12)5-6-16-9)17-14(19)20-15(2,3)4/h5-6,8,10,13H,7H2,1-4H3,(H,17,19)/t10-,13?/m0/s1. The molecule has 20 heavy (non-hydrogen) atoms. The SMILES string of the molecule is Cc1nccc2c1C[C@@H](C=O)C2NC(=O)OC(C)(C)C. The van der Waals surface area contributed by atoms with Gasteiger partial charge in [-0.1, -0.05) is 0 Å². The number of hydrogen-bond acceptors (Lipinski definition) is 4. The summed E-state index contributed by atoms with van der Waals surface area (Å²) in [5, 5.41) is 2.80. The molecule has 0 saturated carbocycles. The van der Waals surface area contributed by atoms with Crippen molar-refractivity contribution in [1.29, 1.82) is 0 Å². The van der Waals surface area contributed by atoms with Crippen molar-refractivity contribution in [3.05, 3.63) is 29.1 Å². The maximum atomic E-state index is 11.9. The molecule has 0 radical (unpaired) electrons. The van der Waals surface area contributed by atoms with Crippen molar-refractivity contribution in [2.24, 2.45) is 5.92 Å². The third-order valence-corrected chi connectivity index (χ3v) is 3.36. The van der Waals surface area contributed by atoms with Crippen molar-refractivity contribution in [3.8, 4) is 0 Å². The van der Waals surface area contributed by atoms with Gasteiger partial charge in [0, 0.05) is 17.8 Å². The van der Waals surface area contributed by atoms with Gasteiger partial charge in [-0.15, -0.1) is 0 Å². The molecule has 0 spiro atoms.